The molecule has 39 heavy (non-hydrogen) atoms. The Morgan fingerprint density at radius 1 is 1.08 bits per heavy atom. The number of nitrogens with one attached hydrogen (secondary N) is 1. The van der Waals surface area contributed by atoms with E-state index in [-0.39, 0.29) is 28.8 Å². The van der Waals surface area contributed by atoms with Gasteiger partial charge >= 0.3 is 6.18 Å². The number of phenols is 2. The number of carbonyl (C=O) groups excluding carboxylic acids is 1. The van der Waals surface area contributed by atoms with E-state index >= 15 is 0 Å². The maximum atomic E-state index is 12.8. The number of phenolic OH excluding ortho intramolecular Hbond substituents is 2. The van der Waals surface area contributed by atoms with Crippen LogP contribution in [-0.2, 0) is 6.54 Å². The lowest BCUT2D eigenvalue weighted by molar-refractivity contribution is -0.123. The highest BCUT2D eigenvalue weighted by Crippen LogP contribution is 2.38. The van der Waals surface area contributed by atoms with Crippen LogP contribution in [0.25, 0.3) is 17.1 Å². The Kier molecular flexibility index (Phi) is 8.38. The minimum atomic E-state index is -4.63. The second-order valence-corrected chi connectivity index (χ2v) is 10.3. The molecular formula is C26H30ClF3N6O3. The highest BCUT2D eigenvalue weighted by atomic mass is 35.5. The summed E-state index contributed by atoms with van der Waals surface area (Å²) in [5.74, 6) is -2.13. The number of hydrogen-bond acceptors (Lipinski definition) is 7. The van der Waals surface area contributed by atoms with Crippen molar-refractivity contribution in [3.05, 3.63) is 52.3 Å². The van der Waals surface area contributed by atoms with Gasteiger partial charge in [-0.2, -0.15) is 13.2 Å². The number of piperazine rings is 1. The van der Waals surface area contributed by atoms with Crippen molar-refractivity contribution in [1.82, 2.24) is 29.9 Å². The monoisotopic (exact) mass is 566 g/mol. The Morgan fingerprint density at radius 2 is 1.77 bits per heavy atom. The van der Waals surface area contributed by atoms with E-state index in [1.165, 1.54) is 10.6 Å². The molecule has 0 aliphatic carbocycles. The number of hydrogen-bond donors (Lipinski definition) is 3. The van der Waals surface area contributed by atoms with E-state index in [9.17, 15) is 28.2 Å². The summed E-state index contributed by atoms with van der Waals surface area (Å²) in [5.41, 5.74) is 1.80. The Labute approximate surface area is 228 Å². The predicted molar refractivity (Wildman–Crippen MR) is 140 cm³/mol. The summed E-state index contributed by atoms with van der Waals surface area (Å²) in [6.07, 6.45) is -4.63. The summed E-state index contributed by atoms with van der Waals surface area (Å²) in [5, 5.41) is 31.1. The number of benzene rings is 2. The van der Waals surface area contributed by atoms with Crippen LogP contribution >= 0.6 is 11.6 Å². The van der Waals surface area contributed by atoms with Crippen molar-refractivity contribution in [3.63, 3.8) is 0 Å². The molecule has 210 valence electrons. The highest BCUT2D eigenvalue weighted by Gasteiger charge is 2.30. The summed E-state index contributed by atoms with van der Waals surface area (Å²) in [6.45, 7) is 6.37. The number of likely N-dealkylation sites (N-methyl/N-ethyl adjacent to an activating group) is 1. The quantitative estimate of drug-likeness (QED) is 0.394. The van der Waals surface area contributed by atoms with Gasteiger partial charge in [0.15, 0.2) is 5.82 Å². The molecule has 0 spiro atoms. The Bertz CT molecular complexity index is 1350. The van der Waals surface area contributed by atoms with Crippen LogP contribution in [0.1, 0.15) is 41.5 Å². The molecule has 1 aliphatic rings. The summed E-state index contributed by atoms with van der Waals surface area (Å²) in [6, 6.07) is 7.70. The molecule has 0 saturated carbocycles. The van der Waals surface area contributed by atoms with E-state index in [1.807, 2.05) is 19.2 Å². The molecular weight excluding hydrogens is 537 g/mol. The van der Waals surface area contributed by atoms with Gasteiger partial charge < -0.3 is 20.4 Å². The molecule has 1 aromatic heterocycles. The molecule has 13 heteroatoms. The first-order valence-electron chi connectivity index (χ1n) is 12.4. The third-order valence-corrected chi connectivity index (χ3v) is 6.96. The van der Waals surface area contributed by atoms with E-state index in [0.29, 0.717) is 22.8 Å². The van der Waals surface area contributed by atoms with Crippen molar-refractivity contribution in [1.29, 1.82) is 0 Å². The van der Waals surface area contributed by atoms with E-state index < -0.39 is 24.5 Å². The van der Waals surface area contributed by atoms with Gasteiger partial charge in [0.1, 0.15) is 18.0 Å². The summed E-state index contributed by atoms with van der Waals surface area (Å²) < 4.78 is 39.7. The van der Waals surface area contributed by atoms with Gasteiger partial charge in [-0.15, -0.1) is 10.2 Å². The van der Waals surface area contributed by atoms with Crippen LogP contribution in [0.2, 0.25) is 5.02 Å². The third-order valence-electron chi connectivity index (χ3n) is 6.61. The number of carbonyl (C=O) groups is 1. The van der Waals surface area contributed by atoms with E-state index in [4.69, 9.17) is 11.6 Å². The lowest BCUT2D eigenvalue weighted by Gasteiger charge is -2.32. The zero-order valence-electron chi connectivity index (χ0n) is 21.8. The molecule has 4 rings (SSSR count). The minimum Gasteiger partial charge on any atom is -0.508 e. The van der Waals surface area contributed by atoms with Crippen molar-refractivity contribution in [2.75, 3.05) is 39.8 Å². The molecule has 1 aliphatic heterocycles. The van der Waals surface area contributed by atoms with Crippen LogP contribution in [0.3, 0.4) is 0 Å². The van der Waals surface area contributed by atoms with Crippen molar-refractivity contribution in [2.24, 2.45) is 0 Å². The fourth-order valence-electron chi connectivity index (χ4n) is 4.40. The van der Waals surface area contributed by atoms with E-state index in [0.717, 1.165) is 37.8 Å². The molecule has 1 fully saturated rings. The SMILES string of the molecule is CC(C)c1cc(-c2nnc(C(=O)NCC(F)(F)F)n2-c2ccc(CN3CCN(C)CC3)c(Cl)c2)c(O)cc1O. The maximum absolute atomic E-state index is 12.8. The molecule has 0 bridgehead atoms. The van der Waals surface area contributed by atoms with Gasteiger partial charge in [-0.3, -0.25) is 14.3 Å². The molecule has 2 heterocycles. The van der Waals surface area contributed by atoms with Gasteiger partial charge in [-0.1, -0.05) is 31.5 Å². The van der Waals surface area contributed by atoms with E-state index in [1.54, 1.807) is 18.2 Å². The van der Waals surface area contributed by atoms with Gasteiger partial charge in [-0.25, -0.2) is 0 Å². The number of aromatic hydroxyl groups is 2. The molecule has 0 unspecified atom stereocenters. The number of rotatable bonds is 7. The fraction of sp³-hybridized carbons (Fsp3) is 0.423. The predicted octanol–water partition coefficient (Wildman–Crippen LogP) is 4.16. The second kappa shape index (κ2) is 11.4. The number of nitrogens with zero attached hydrogens (tertiary/aromatic N) is 5. The zero-order valence-corrected chi connectivity index (χ0v) is 22.5. The van der Waals surface area contributed by atoms with Gasteiger partial charge in [0, 0.05) is 43.8 Å². The lowest BCUT2D eigenvalue weighted by Crippen LogP contribution is -2.43. The number of alkyl halides is 3. The summed E-state index contributed by atoms with van der Waals surface area (Å²) in [4.78, 5) is 17.3. The van der Waals surface area contributed by atoms with Crippen molar-refractivity contribution >= 4 is 17.5 Å². The first-order chi connectivity index (χ1) is 18.3. The Morgan fingerprint density at radius 3 is 2.38 bits per heavy atom. The smallest absolute Gasteiger partial charge is 0.405 e. The van der Waals surface area contributed by atoms with Crippen LogP contribution in [0.4, 0.5) is 13.2 Å². The van der Waals surface area contributed by atoms with Gasteiger partial charge in [-0.05, 0) is 42.3 Å². The Balaban J connectivity index is 1.77. The number of halogens is 4. The lowest BCUT2D eigenvalue weighted by atomic mass is 9.98. The average molecular weight is 567 g/mol. The first kappa shape index (κ1) is 28.7. The van der Waals surface area contributed by atoms with Gasteiger partial charge in [0.05, 0.1) is 11.3 Å². The standard InChI is InChI=1S/C26H30ClF3N6O3/c1-15(2)18-11-19(22(38)12-21(18)37)23-32-33-24(25(39)31-14-26(28,29)30)36(23)17-5-4-16(20(27)10-17)13-35-8-6-34(3)7-9-35/h4-5,10-12,15,37-38H,6-9,13-14H2,1-3H3,(H,31,39). The fourth-order valence-corrected chi connectivity index (χ4v) is 4.63. The molecule has 3 N–H and O–H groups in total. The minimum absolute atomic E-state index is 0.00515. The van der Waals surface area contributed by atoms with Gasteiger partial charge in [0.25, 0.3) is 5.91 Å². The van der Waals surface area contributed by atoms with Crippen LogP contribution < -0.4 is 5.32 Å². The zero-order chi connectivity index (χ0) is 28.5. The molecule has 1 amide bonds. The third kappa shape index (κ3) is 6.63. The van der Waals surface area contributed by atoms with Crippen LogP contribution in [0.5, 0.6) is 11.5 Å². The number of amides is 1. The Hall–Kier alpha value is -3.35. The summed E-state index contributed by atoms with van der Waals surface area (Å²) >= 11 is 6.64. The van der Waals surface area contributed by atoms with Crippen molar-refractivity contribution in [3.8, 4) is 28.6 Å². The topological polar surface area (TPSA) is 107 Å². The molecule has 9 nitrogen and oxygen atoms in total. The largest absolute Gasteiger partial charge is 0.508 e. The second-order valence-electron chi connectivity index (χ2n) is 9.92. The first-order valence-corrected chi connectivity index (χ1v) is 12.8. The van der Waals surface area contributed by atoms with Gasteiger partial charge in [0.2, 0.25) is 5.82 Å². The molecule has 3 aromatic rings. The van der Waals surface area contributed by atoms with Crippen LogP contribution in [0, 0.1) is 0 Å². The van der Waals surface area contributed by atoms with Crippen molar-refractivity contribution < 1.29 is 28.2 Å². The number of aromatic nitrogens is 3. The summed E-state index contributed by atoms with van der Waals surface area (Å²) in [7, 11) is 2.06. The highest BCUT2D eigenvalue weighted by molar-refractivity contribution is 6.31. The molecule has 1 saturated heterocycles. The molecule has 2 aromatic carbocycles. The van der Waals surface area contributed by atoms with E-state index in [2.05, 4.69) is 27.0 Å². The van der Waals surface area contributed by atoms with Crippen molar-refractivity contribution in [2.45, 2.75) is 32.5 Å². The van der Waals surface area contributed by atoms with Crippen LogP contribution in [-0.4, -0.2) is 86.6 Å². The normalized spacial score (nSPS) is 15.2. The average Bonchev–Trinajstić information content (AvgIpc) is 3.29. The molecule has 0 radical (unpaired) electrons. The maximum Gasteiger partial charge on any atom is 0.405 e. The molecule has 0 atom stereocenters. The van der Waals surface area contributed by atoms with Crippen LogP contribution in [0.15, 0.2) is 30.3 Å².